The lowest BCUT2D eigenvalue weighted by Crippen LogP contribution is -2.43. The summed E-state index contributed by atoms with van der Waals surface area (Å²) in [7, 11) is 0. The van der Waals surface area contributed by atoms with Crippen LogP contribution in [0.1, 0.15) is 30.2 Å². The molecule has 1 aliphatic rings. The van der Waals surface area contributed by atoms with Crippen LogP contribution in [0.5, 0.6) is 0 Å². The lowest BCUT2D eigenvalue weighted by Gasteiger charge is -2.27. The third-order valence-corrected chi connectivity index (χ3v) is 5.36. The van der Waals surface area contributed by atoms with Crippen molar-refractivity contribution in [1.82, 2.24) is 4.90 Å². The summed E-state index contributed by atoms with van der Waals surface area (Å²) >= 11 is 0. The largest absolute Gasteiger partial charge is 0.456 e. The van der Waals surface area contributed by atoms with Crippen LogP contribution in [-0.2, 0) is 9.59 Å². The molecule has 1 aromatic carbocycles. The van der Waals surface area contributed by atoms with E-state index in [-0.39, 0.29) is 52.7 Å². The molecule has 1 aliphatic heterocycles. The summed E-state index contributed by atoms with van der Waals surface area (Å²) < 4.78 is 5.81. The van der Waals surface area contributed by atoms with E-state index in [0.29, 0.717) is 11.3 Å². The van der Waals surface area contributed by atoms with E-state index in [1.54, 1.807) is 24.3 Å². The molecule has 0 fully saturated rings. The molecule has 0 aliphatic carbocycles. The minimum absolute atomic E-state index is 0.0130. The number of carbonyl (C=O) groups is 2. The summed E-state index contributed by atoms with van der Waals surface area (Å²) in [4.78, 5) is 37.7. The van der Waals surface area contributed by atoms with Crippen molar-refractivity contribution in [3.8, 4) is 17.4 Å². The van der Waals surface area contributed by atoms with Crippen LogP contribution in [0.25, 0.3) is 17.4 Å². The van der Waals surface area contributed by atoms with Gasteiger partial charge in [-0.25, -0.2) is 5.21 Å². The van der Waals surface area contributed by atoms with Gasteiger partial charge in [-0.15, -0.1) is 0 Å². The van der Waals surface area contributed by atoms with Crippen LogP contribution in [-0.4, -0.2) is 45.1 Å². The highest BCUT2D eigenvalue weighted by molar-refractivity contribution is 6.19. The highest BCUT2D eigenvalue weighted by Crippen LogP contribution is 2.34. The second kappa shape index (κ2) is 8.99. The maximum atomic E-state index is 12.9. The van der Waals surface area contributed by atoms with Gasteiger partial charge < -0.3 is 9.52 Å². The van der Waals surface area contributed by atoms with Crippen molar-refractivity contribution in [3.05, 3.63) is 62.8 Å². The number of aryl methyl sites for hydroxylation is 2. The van der Waals surface area contributed by atoms with Crippen molar-refractivity contribution in [2.24, 2.45) is 0 Å². The summed E-state index contributed by atoms with van der Waals surface area (Å²) in [5, 5.41) is 27.9. The van der Waals surface area contributed by atoms with Crippen molar-refractivity contribution in [2.75, 3.05) is 13.2 Å². The number of carbonyl (C=O) groups excluding carboxylic acids is 2. The first kappa shape index (κ1) is 22.7. The minimum Gasteiger partial charge on any atom is -0.456 e. The molecule has 0 radical (unpaired) electrons. The van der Waals surface area contributed by atoms with E-state index in [1.165, 1.54) is 13.0 Å². The molecule has 2 N–H and O–H groups in total. The van der Waals surface area contributed by atoms with Crippen molar-refractivity contribution in [3.63, 3.8) is 0 Å². The zero-order chi connectivity index (χ0) is 23.6. The number of aliphatic hydroxyl groups is 1. The zero-order valence-corrected chi connectivity index (χ0v) is 17.9. The van der Waals surface area contributed by atoms with Crippen LogP contribution in [0.2, 0.25) is 0 Å². The van der Waals surface area contributed by atoms with Gasteiger partial charge in [-0.05, 0) is 68.2 Å². The summed E-state index contributed by atoms with van der Waals surface area (Å²) in [5.74, 6) is -0.732. The lowest BCUT2D eigenvalue weighted by atomic mass is 9.94. The second-order valence-corrected chi connectivity index (χ2v) is 7.44. The third-order valence-electron chi connectivity index (χ3n) is 5.36. The van der Waals surface area contributed by atoms with Gasteiger partial charge in [0.15, 0.2) is 0 Å². The lowest BCUT2D eigenvalue weighted by molar-refractivity contribution is -0.729. The first-order valence-electron chi connectivity index (χ1n) is 9.87. The first-order valence-corrected chi connectivity index (χ1v) is 9.87. The van der Waals surface area contributed by atoms with E-state index < -0.39 is 11.8 Å². The number of nitriles is 1. The predicted octanol–water partition coefficient (Wildman–Crippen LogP) is 3.34. The monoisotopic (exact) mass is 436 g/mol. The highest BCUT2D eigenvalue weighted by Gasteiger charge is 2.35. The Hall–Kier alpha value is -4.03. The Morgan fingerprint density at radius 2 is 1.84 bits per heavy atom. The van der Waals surface area contributed by atoms with Gasteiger partial charge in [0.05, 0.1) is 10.5 Å². The molecule has 0 bridgehead atoms. The molecule has 0 atom stereocenters. The number of benzene rings is 1. The molecule has 164 valence electrons. The molecule has 2 heterocycles. The van der Waals surface area contributed by atoms with Gasteiger partial charge in [-0.2, -0.15) is 5.26 Å². The van der Waals surface area contributed by atoms with Crippen molar-refractivity contribution in [1.29, 1.82) is 5.26 Å². The quantitative estimate of drug-likeness (QED) is 0.403. The molecular formula is C23H22N3O6+. The maximum absolute atomic E-state index is 12.9. The summed E-state index contributed by atoms with van der Waals surface area (Å²) in [6, 6.07) is 8.27. The summed E-state index contributed by atoms with van der Waals surface area (Å²) in [6.45, 7) is 4.95. The van der Waals surface area contributed by atoms with E-state index in [1.807, 2.05) is 19.9 Å². The van der Waals surface area contributed by atoms with Gasteiger partial charge in [0.1, 0.15) is 23.2 Å². The molecule has 9 heteroatoms. The molecule has 0 saturated carbocycles. The maximum Gasteiger partial charge on any atom is 0.327 e. The van der Waals surface area contributed by atoms with E-state index >= 15 is 0 Å². The van der Waals surface area contributed by atoms with Gasteiger partial charge in [0.2, 0.25) is 0 Å². The van der Waals surface area contributed by atoms with E-state index in [0.717, 1.165) is 16.0 Å². The number of hydrogen-bond acceptors (Lipinski definition) is 6. The van der Waals surface area contributed by atoms with Crippen LogP contribution in [0, 0.1) is 30.1 Å². The molecule has 32 heavy (non-hydrogen) atoms. The predicted molar refractivity (Wildman–Crippen MR) is 113 cm³/mol. The number of hydrogen-bond donors (Lipinski definition) is 2. The SMILES string of the molecule is CC1=C(C#N)C(=O)N(CCCO)C(=O)/C1=C\c1ccc(-c2cc(C)c(C)cc2[N+](=O)O)o1. The molecule has 2 amide bonds. The van der Waals surface area contributed by atoms with Crippen LogP contribution in [0.3, 0.4) is 0 Å². The van der Waals surface area contributed by atoms with Gasteiger partial charge in [0, 0.05) is 24.8 Å². The van der Waals surface area contributed by atoms with Crippen molar-refractivity contribution >= 4 is 23.6 Å². The minimum atomic E-state index is -0.695. The number of furan rings is 1. The number of imide groups is 1. The normalized spacial score (nSPS) is 15.5. The molecule has 1 aromatic heterocycles. The van der Waals surface area contributed by atoms with Gasteiger partial charge in [0.25, 0.3) is 16.7 Å². The average molecular weight is 436 g/mol. The Kier molecular flexibility index (Phi) is 6.37. The highest BCUT2D eigenvalue weighted by atomic mass is 16.6. The molecule has 0 saturated heterocycles. The second-order valence-electron chi connectivity index (χ2n) is 7.44. The van der Waals surface area contributed by atoms with E-state index in [2.05, 4.69) is 0 Å². The standard InChI is InChI=1S/C23H22N3O6/c1-13-9-18(20(26(30)31)10-14(13)2)21-6-5-16(32-21)11-17-15(3)19(12-24)23(29)25(22(17)28)7-4-8-27/h5-6,9-11,27H,4,7-8H2,1-3H3,(H,30,31)/q+1/b17-11-. The Labute approximate surface area is 184 Å². The summed E-state index contributed by atoms with van der Waals surface area (Å²) in [5.41, 5.74) is 2.28. The van der Waals surface area contributed by atoms with Crippen LogP contribution < -0.4 is 0 Å². The average Bonchev–Trinajstić information content (AvgIpc) is 3.21. The van der Waals surface area contributed by atoms with Crippen molar-refractivity contribution in [2.45, 2.75) is 27.2 Å². The Bertz CT molecular complexity index is 1230. The Balaban J connectivity index is 2.07. The number of aliphatic hydroxyl groups excluding tert-OH is 1. The van der Waals surface area contributed by atoms with E-state index in [4.69, 9.17) is 9.52 Å². The number of amides is 2. The number of rotatable bonds is 6. The number of nitrogens with zero attached hydrogens (tertiary/aromatic N) is 3. The topological polar surface area (TPSA) is 135 Å². The fraction of sp³-hybridized carbons (Fsp3) is 0.261. The smallest absolute Gasteiger partial charge is 0.327 e. The molecule has 2 aromatic rings. The van der Waals surface area contributed by atoms with E-state index in [9.17, 15) is 25.0 Å². The first-order chi connectivity index (χ1) is 15.2. The fourth-order valence-corrected chi connectivity index (χ4v) is 3.44. The van der Waals surface area contributed by atoms with Gasteiger partial charge in [-0.3, -0.25) is 14.5 Å². The zero-order valence-electron chi connectivity index (χ0n) is 17.9. The van der Waals surface area contributed by atoms with Crippen molar-refractivity contribution < 1.29 is 29.2 Å². The molecule has 3 rings (SSSR count). The Morgan fingerprint density at radius 1 is 1.16 bits per heavy atom. The summed E-state index contributed by atoms with van der Waals surface area (Å²) in [6.07, 6.45) is 1.61. The van der Waals surface area contributed by atoms with Crippen LogP contribution in [0.15, 0.2) is 45.4 Å². The molecule has 0 unspecified atom stereocenters. The van der Waals surface area contributed by atoms with Gasteiger partial charge in [-0.1, -0.05) is 0 Å². The molecule has 9 nitrogen and oxygen atoms in total. The van der Waals surface area contributed by atoms with Crippen LogP contribution in [0.4, 0.5) is 5.69 Å². The molecule has 0 spiro atoms. The Morgan fingerprint density at radius 3 is 2.47 bits per heavy atom. The molecular weight excluding hydrogens is 414 g/mol. The van der Waals surface area contributed by atoms with Gasteiger partial charge >= 0.3 is 5.69 Å². The van der Waals surface area contributed by atoms with Crippen LogP contribution >= 0.6 is 0 Å². The fourth-order valence-electron chi connectivity index (χ4n) is 3.44. The third kappa shape index (κ3) is 4.08.